The van der Waals surface area contributed by atoms with E-state index in [1.165, 1.54) is 0 Å². The number of hydrogen-bond donors (Lipinski definition) is 1. The van der Waals surface area contributed by atoms with Crippen LogP contribution >= 0.6 is 0 Å². The molecule has 0 aliphatic rings. The Morgan fingerprint density at radius 1 is 1.29 bits per heavy atom. The van der Waals surface area contributed by atoms with Crippen molar-refractivity contribution >= 4 is 23.1 Å². The van der Waals surface area contributed by atoms with Crippen LogP contribution in [-0.4, -0.2) is 18.5 Å². The molecule has 0 radical (unpaired) electrons. The van der Waals surface area contributed by atoms with Gasteiger partial charge in [0, 0.05) is 16.7 Å². The predicted molar refractivity (Wildman–Crippen MR) is 84.9 cm³/mol. The molecule has 114 valence electrons. The van der Waals surface area contributed by atoms with Gasteiger partial charge in [-0.25, -0.2) is 4.79 Å². The lowest BCUT2D eigenvalue weighted by molar-refractivity contribution is -0.136. The lowest BCUT2D eigenvalue weighted by Crippen LogP contribution is -2.28. The number of ether oxygens (including phenoxy) is 1. The second kappa shape index (κ2) is 6.57. The van der Waals surface area contributed by atoms with Crippen LogP contribution in [0.3, 0.4) is 0 Å². The molecule has 0 heterocycles. The second-order valence-electron chi connectivity index (χ2n) is 5.95. The molecule has 0 aliphatic heterocycles. The summed E-state index contributed by atoms with van der Waals surface area (Å²) in [4.78, 5) is 24.0. The van der Waals surface area contributed by atoms with Gasteiger partial charge in [-0.2, -0.15) is 0 Å². The zero-order valence-electron chi connectivity index (χ0n) is 13.4. The Hall–Kier alpha value is -2.10. The Bertz CT molecular complexity index is 568. The highest BCUT2D eigenvalue weighted by atomic mass is 16.5. The van der Waals surface area contributed by atoms with Gasteiger partial charge in [0.25, 0.3) is 0 Å². The maximum absolute atomic E-state index is 12.1. The minimum Gasteiger partial charge on any atom is -0.462 e. The first-order chi connectivity index (χ1) is 9.66. The van der Waals surface area contributed by atoms with Crippen LogP contribution in [0.15, 0.2) is 24.8 Å². The molecule has 0 saturated heterocycles. The molecule has 0 bridgehead atoms. The summed E-state index contributed by atoms with van der Waals surface area (Å²) in [6.45, 7) is 13.2. The zero-order chi connectivity index (χ0) is 16.2. The van der Waals surface area contributed by atoms with Crippen LogP contribution in [0.4, 0.5) is 5.69 Å². The number of rotatable bonds is 4. The van der Waals surface area contributed by atoms with E-state index in [1.54, 1.807) is 13.0 Å². The van der Waals surface area contributed by atoms with Crippen molar-refractivity contribution in [3.05, 3.63) is 35.9 Å². The smallest absolute Gasteiger partial charge is 0.338 e. The normalized spacial score (nSPS) is 10.9. The van der Waals surface area contributed by atoms with E-state index >= 15 is 0 Å². The SMILES string of the molecule is C=C(C(=O)OCC)c1cc(C)ccc1NC(=O)C(C)(C)C. The van der Waals surface area contributed by atoms with Crippen LogP contribution in [-0.2, 0) is 14.3 Å². The molecule has 1 N–H and O–H groups in total. The summed E-state index contributed by atoms with van der Waals surface area (Å²) >= 11 is 0. The number of benzene rings is 1. The molecule has 0 fully saturated rings. The van der Waals surface area contributed by atoms with Gasteiger partial charge < -0.3 is 10.1 Å². The molecular formula is C17H23NO3. The third-order valence-electron chi connectivity index (χ3n) is 2.95. The van der Waals surface area contributed by atoms with Crippen LogP contribution < -0.4 is 5.32 Å². The minimum absolute atomic E-state index is 0.121. The highest BCUT2D eigenvalue weighted by Gasteiger charge is 2.23. The van der Waals surface area contributed by atoms with E-state index in [2.05, 4.69) is 11.9 Å². The molecule has 0 atom stereocenters. The number of aryl methyl sites for hydroxylation is 1. The van der Waals surface area contributed by atoms with E-state index < -0.39 is 11.4 Å². The van der Waals surface area contributed by atoms with Crippen molar-refractivity contribution < 1.29 is 14.3 Å². The van der Waals surface area contributed by atoms with Crippen molar-refractivity contribution in [2.45, 2.75) is 34.6 Å². The van der Waals surface area contributed by atoms with Gasteiger partial charge in [-0.1, -0.05) is 39.0 Å². The van der Waals surface area contributed by atoms with Crippen molar-refractivity contribution in [2.24, 2.45) is 5.41 Å². The molecule has 1 amide bonds. The molecule has 0 spiro atoms. The number of carbonyl (C=O) groups is 2. The largest absolute Gasteiger partial charge is 0.462 e. The summed E-state index contributed by atoms with van der Waals surface area (Å²) in [6.07, 6.45) is 0. The maximum Gasteiger partial charge on any atom is 0.338 e. The average Bonchev–Trinajstić information content (AvgIpc) is 2.39. The van der Waals surface area contributed by atoms with E-state index in [-0.39, 0.29) is 18.1 Å². The van der Waals surface area contributed by atoms with Gasteiger partial charge in [-0.15, -0.1) is 0 Å². The summed E-state index contributed by atoms with van der Waals surface area (Å²) in [5.74, 6) is -0.599. The van der Waals surface area contributed by atoms with Crippen molar-refractivity contribution in [1.29, 1.82) is 0 Å². The molecule has 1 aromatic carbocycles. The highest BCUT2D eigenvalue weighted by molar-refractivity contribution is 6.18. The number of carbonyl (C=O) groups excluding carboxylic acids is 2. The van der Waals surface area contributed by atoms with Crippen LogP contribution in [0, 0.1) is 12.3 Å². The molecule has 4 heteroatoms. The number of amides is 1. The molecule has 1 rings (SSSR count). The number of anilines is 1. The maximum atomic E-state index is 12.1. The first-order valence-corrected chi connectivity index (χ1v) is 6.95. The van der Waals surface area contributed by atoms with Gasteiger partial charge in [0.2, 0.25) is 5.91 Å². The molecule has 0 saturated carbocycles. The van der Waals surface area contributed by atoms with E-state index in [4.69, 9.17) is 4.74 Å². The van der Waals surface area contributed by atoms with Crippen LogP contribution in [0.25, 0.3) is 5.57 Å². The molecule has 0 aliphatic carbocycles. The van der Waals surface area contributed by atoms with Gasteiger partial charge >= 0.3 is 5.97 Å². The molecule has 4 nitrogen and oxygen atoms in total. The van der Waals surface area contributed by atoms with Crippen LogP contribution in [0.1, 0.15) is 38.8 Å². The fourth-order valence-corrected chi connectivity index (χ4v) is 1.65. The molecule has 1 aromatic rings. The summed E-state index contributed by atoms with van der Waals surface area (Å²) in [6, 6.07) is 5.47. The third-order valence-corrected chi connectivity index (χ3v) is 2.95. The number of esters is 1. The number of hydrogen-bond acceptors (Lipinski definition) is 3. The molecule has 0 unspecified atom stereocenters. The van der Waals surface area contributed by atoms with Crippen LogP contribution in [0.2, 0.25) is 0 Å². The van der Waals surface area contributed by atoms with Gasteiger partial charge in [0.05, 0.1) is 12.2 Å². The van der Waals surface area contributed by atoms with Gasteiger partial charge in [0.15, 0.2) is 0 Å². The molecule has 21 heavy (non-hydrogen) atoms. The Labute approximate surface area is 126 Å². The van der Waals surface area contributed by atoms with Crippen LogP contribution in [0.5, 0.6) is 0 Å². The van der Waals surface area contributed by atoms with Gasteiger partial charge in [0.1, 0.15) is 0 Å². The summed E-state index contributed by atoms with van der Waals surface area (Å²) in [5, 5.41) is 2.85. The Balaban J connectivity index is 3.14. The second-order valence-corrected chi connectivity index (χ2v) is 5.95. The van der Waals surface area contributed by atoms with Gasteiger partial charge in [-0.3, -0.25) is 4.79 Å². The third kappa shape index (κ3) is 4.45. The van der Waals surface area contributed by atoms with E-state index in [9.17, 15) is 9.59 Å². The summed E-state index contributed by atoms with van der Waals surface area (Å²) < 4.78 is 4.97. The Morgan fingerprint density at radius 2 is 1.90 bits per heavy atom. The molecular weight excluding hydrogens is 266 g/mol. The lowest BCUT2D eigenvalue weighted by atomic mass is 9.94. The van der Waals surface area contributed by atoms with Crippen molar-refractivity contribution in [3.8, 4) is 0 Å². The fourth-order valence-electron chi connectivity index (χ4n) is 1.65. The predicted octanol–water partition coefficient (Wildman–Crippen LogP) is 3.56. The quantitative estimate of drug-likeness (QED) is 0.681. The van der Waals surface area contributed by atoms with E-state index in [0.29, 0.717) is 11.3 Å². The van der Waals surface area contributed by atoms with Gasteiger partial charge in [-0.05, 0) is 26.0 Å². The van der Waals surface area contributed by atoms with E-state index in [1.807, 2.05) is 39.8 Å². The first kappa shape index (κ1) is 17.0. The highest BCUT2D eigenvalue weighted by Crippen LogP contribution is 2.27. The Kier molecular flexibility index (Phi) is 5.30. The summed E-state index contributed by atoms with van der Waals surface area (Å²) in [7, 11) is 0. The van der Waals surface area contributed by atoms with Crippen molar-refractivity contribution in [2.75, 3.05) is 11.9 Å². The van der Waals surface area contributed by atoms with Crippen molar-refractivity contribution in [3.63, 3.8) is 0 Å². The topological polar surface area (TPSA) is 55.4 Å². The monoisotopic (exact) mass is 289 g/mol. The molecule has 0 aromatic heterocycles. The lowest BCUT2D eigenvalue weighted by Gasteiger charge is -2.20. The minimum atomic E-state index is -0.520. The first-order valence-electron chi connectivity index (χ1n) is 6.95. The van der Waals surface area contributed by atoms with Crippen molar-refractivity contribution in [1.82, 2.24) is 0 Å². The summed E-state index contributed by atoms with van der Waals surface area (Å²) in [5.41, 5.74) is 1.85. The Morgan fingerprint density at radius 3 is 2.43 bits per heavy atom. The average molecular weight is 289 g/mol. The zero-order valence-corrected chi connectivity index (χ0v) is 13.4. The van der Waals surface area contributed by atoms with E-state index in [0.717, 1.165) is 5.56 Å². The number of nitrogens with one attached hydrogen (secondary N) is 1. The standard InChI is InChI=1S/C17H23NO3/c1-7-21-15(19)12(3)13-10-11(2)8-9-14(13)18-16(20)17(4,5)6/h8-10H,3,7H2,1-2,4-6H3,(H,18,20). The fraction of sp³-hybridized carbons (Fsp3) is 0.412.